The molecule has 1 aliphatic rings. The molecule has 0 saturated carbocycles. The molecule has 0 radical (unpaired) electrons. The van der Waals surface area contributed by atoms with Gasteiger partial charge in [0.2, 0.25) is 5.91 Å². The lowest BCUT2D eigenvalue weighted by Crippen LogP contribution is -2.39. The highest BCUT2D eigenvalue weighted by molar-refractivity contribution is 5.77. The Balaban J connectivity index is 1.96. The van der Waals surface area contributed by atoms with E-state index in [-0.39, 0.29) is 11.9 Å². The number of amides is 1. The van der Waals surface area contributed by atoms with Gasteiger partial charge in [-0.25, -0.2) is 0 Å². The molecule has 1 aromatic carbocycles. The van der Waals surface area contributed by atoms with Gasteiger partial charge in [-0.05, 0) is 25.3 Å². The fourth-order valence-corrected chi connectivity index (χ4v) is 2.77. The van der Waals surface area contributed by atoms with Crippen LogP contribution in [0.4, 0.5) is 0 Å². The average molecular weight is 260 g/mol. The van der Waals surface area contributed by atoms with Crippen LogP contribution in [0.2, 0.25) is 0 Å². The lowest BCUT2D eigenvalue weighted by Gasteiger charge is -2.28. The molecular formula is C16H24N2O. The van der Waals surface area contributed by atoms with Crippen molar-refractivity contribution >= 4 is 5.91 Å². The van der Waals surface area contributed by atoms with Gasteiger partial charge in [-0.3, -0.25) is 4.79 Å². The molecule has 3 heteroatoms. The number of carbonyl (C=O) groups excluding carboxylic acids is 1. The van der Waals surface area contributed by atoms with E-state index in [1.165, 1.54) is 12.8 Å². The molecule has 3 nitrogen and oxygen atoms in total. The summed E-state index contributed by atoms with van der Waals surface area (Å²) in [6, 6.07) is 10.0. The van der Waals surface area contributed by atoms with Gasteiger partial charge in [-0.1, -0.05) is 43.2 Å². The van der Waals surface area contributed by atoms with Crippen LogP contribution in [0.15, 0.2) is 30.3 Å². The second-order valence-electron chi connectivity index (χ2n) is 5.51. The molecule has 19 heavy (non-hydrogen) atoms. The topological polar surface area (TPSA) is 46.3 Å². The molecule has 104 valence electrons. The standard InChI is InChI=1S/C16H24N2O/c1-13-8-4-3-7-11-18(13)16(19)12-15(17)14-9-5-2-6-10-14/h2,5-6,9-10,13,15H,3-4,7-8,11-12,17H2,1H3/t13-,15-/m0/s1. The van der Waals surface area contributed by atoms with Crippen LogP contribution in [-0.2, 0) is 4.79 Å². The fourth-order valence-electron chi connectivity index (χ4n) is 2.77. The maximum absolute atomic E-state index is 12.4. The minimum atomic E-state index is -0.191. The zero-order valence-corrected chi connectivity index (χ0v) is 11.7. The molecule has 1 saturated heterocycles. The Bertz CT molecular complexity index is 404. The Morgan fingerprint density at radius 1 is 1.32 bits per heavy atom. The normalized spacial score (nSPS) is 21.8. The molecule has 2 N–H and O–H groups in total. The first-order chi connectivity index (χ1) is 9.18. The highest BCUT2D eigenvalue weighted by Gasteiger charge is 2.23. The van der Waals surface area contributed by atoms with Gasteiger partial charge in [0, 0.05) is 25.0 Å². The van der Waals surface area contributed by atoms with E-state index in [9.17, 15) is 4.79 Å². The zero-order chi connectivity index (χ0) is 13.7. The van der Waals surface area contributed by atoms with E-state index in [4.69, 9.17) is 5.73 Å². The Hall–Kier alpha value is -1.35. The summed E-state index contributed by atoms with van der Waals surface area (Å²) in [7, 11) is 0. The second kappa shape index (κ2) is 6.71. The van der Waals surface area contributed by atoms with Gasteiger partial charge >= 0.3 is 0 Å². The van der Waals surface area contributed by atoms with Crippen LogP contribution < -0.4 is 5.73 Å². The van der Waals surface area contributed by atoms with Crippen LogP contribution in [0.5, 0.6) is 0 Å². The summed E-state index contributed by atoms with van der Waals surface area (Å²) in [6.07, 6.45) is 5.12. The minimum Gasteiger partial charge on any atom is -0.340 e. The molecule has 1 fully saturated rings. The van der Waals surface area contributed by atoms with Crippen LogP contribution in [0.1, 0.15) is 50.6 Å². The summed E-state index contributed by atoms with van der Waals surface area (Å²) < 4.78 is 0. The monoisotopic (exact) mass is 260 g/mol. The molecule has 0 aromatic heterocycles. The summed E-state index contributed by atoms with van der Waals surface area (Å²) >= 11 is 0. The molecule has 0 unspecified atom stereocenters. The number of benzene rings is 1. The van der Waals surface area contributed by atoms with Crippen molar-refractivity contribution in [2.75, 3.05) is 6.54 Å². The van der Waals surface area contributed by atoms with Crippen molar-refractivity contribution < 1.29 is 4.79 Å². The molecule has 0 bridgehead atoms. The van der Waals surface area contributed by atoms with Crippen LogP contribution in [-0.4, -0.2) is 23.4 Å². The third-order valence-corrected chi connectivity index (χ3v) is 4.00. The van der Waals surface area contributed by atoms with Crippen LogP contribution in [0.25, 0.3) is 0 Å². The van der Waals surface area contributed by atoms with Gasteiger partial charge in [0.1, 0.15) is 0 Å². The Kier molecular flexibility index (Phi) is 4.97. The van der Waals surface area contributed by atoms with E-state index in [0.29, 0.717) is 12.5 Å². The largest absolute Gasteiger partial charge is 0.340 e. The molecule has 0 aliphatic carbocycles. The van der Waals surface area contributed by atoms with Gasteiger partial charge in [-0.15, -0.1) is 0 Å². The van der Waals surface area contributed by atoms with E-state index in [1.54, 1.807) is 0 Å². The number of likely N-dealkylation sites (tertiary alicyclic amines) is 1. The highest BCUT2D eigenvalue weighted by atomic mass is 16.2. The van der Waals surface area contributed by atoms with Crippen molar-refractivity contribution in [1.29, 1.82) is 0 Å². The Morgan fingerprint density at radius 3 is 2.79 bits per heavy atom. The quantitative estimate of drug-likeness (QED) is 0.908. The molecule has 0 spiro atoms. The number of nitrogens with two attached hydrogens (primary N) is 1. The van der Waals surface area contributed by atoms with E-state index < -0.39 is 0 Å². The van der Waals surface area contributed by atoms with Crippen molar-refractivity contribution in [2.24, 2.45) is 5.73 Å². The summed E-state index contributed by atoms with van der Waals surface area (Å²) in [5.41, 5.74) is 7.18. The van der Waals surface area contributed by atoms with Gasteiger partial charge in [0.15, 0.2) is 0 Å². The van der Waals surface area contributed by atoms with Crippen molar-refractivity contribution in [1.82, 2.24) is 4.90 Å². The summed E-state index contributed by atoms with van der Waals surface area (Å²) in [5.74, 6) is 0.200. The van der Waals surface area contributed by atoms with Gasteiger partial charge in [-0.2, -0.15) is 0 Å². The van der Waals surface area contributed by atoms with Gasteiger partial charge in [0.25, 0.3) is 0 Å². The van der Waals surface area contributed by atoms with Gasteiger partial charge in [0.05, 0.1) is 0 Å². The predicted molar refractivity (Wildman–Crippen MR) is 77.6 cm³/mol. The maximum atomic E-state index is 12.4. The molecule has 1 aromatic rings. The molecule has 1 amide bonds. The first-order valence-corrected chi connectivity index (χ1v) is 7.28. The van der Waals surface area contributed by atoms with Crippen molar-refractivity contribution in [2.45, 2.75) is 51.1 Å². The average Bonchev–Trinajstić information content (AvgIpc) is 2.64. The number of hydrogen-bond acceptors (Lipinski definition) is 2. The van der Waals surface area contributed by atoms with Crippen LogP contribution in [0, 0.1) is 0 Å². The van der Waals surface area contributed by atoms with Crippen LogP contribution in [0.3, 0.4) is 0 Å². The lowest BCUT2D eigenvalue weighted by molar-refractivity contribution is -0.133. The SMILES string of the molecule is C[C@H]1CCCCCN1C(=O)C[C@H](N)c1ccccc1. The van der Waals surface area contributed by atoms with Crippen LogP contribution >= 0.6 is 0 Å². The summed E-state index contributed by atoms with van der Waals surface area (Å²) in [6.45, 7) is 3.04. The van der Waals surface area contributed by atoms with Gasteiger partial charge < -0.3 is 10.6 Å². The smallest absolute Gasteiger partial charge is 0.224 e. The van der Waals surface area contributed by atoms with E-state index in [0.717, 1.165) is 24.9 Å². The van der Waals surface area contributed by atoms with Crippen molar-refractivity contribution in [3.63, 3.8) is 0 Å². The fraction of sp³-hybridized carbons (Fsp3) is 0.562. The maximum Gasteiger partial charge on any atom is 0.224 e. The predicted octanol–water partition coefficient (Wildman–Crippen LogP) is 2.87. The lowest BCUT2D eigenvalue weighted by atomic mass is 10.0. The molecule has 1 heterocycles. The Morgan fingerprint density at radius 2 is 2.05 bits per heavy atom. The Labute approximate surface area is 115 Å². The summed E-state index contributed by atoms with van der Waals surface area (Å²) in [4.78, 5) is 14.4. The molecular weight excluding hydrogens is 236 g/mol. The van der Waals surface area contributed by atoms with E-state index >= 15 is 0 Å². The number of carbonyl (C=O) groups is 1. The van der Waals surface area contributed by atoms with E-state index in [2.05, 4.69) is 6.92 Å². The summed E-state index contributed by atoms with van der Waals surface area (Å²) in [5, 5.41) is 0. The number of rotatable bonds is 3. The number of nitrogens with zero attached hydrogens (tertiary/aromatic N) is 1. The zero-order valence-electron chi connectivity index (χ0n) is 11.7. The minimum absolute atomic E-state index is 0.191. The third kappa shape index (κ3) is 3.80. The number of hydrogen-bond donors (Lipinski definition) is 1. The first kappa shape index (κ1) is 14.1. The van der Waals surface area contributed by atoms with Crippen molar-refractivity contribution in [3.8, 4) is 0 Å². The van der Waals surface area contributed by atoms with E-state index in [1.807, 2.05) is 35.2 Å². The first-order valence-electron chi connectivity index (χ1n) is 7.28. The molecule has 2 rings (SSSR count). The second-order valence-corrected chi connectivity index (χ2v) is 5.51. The molecule has 1 aliphatic heterocycles. The third-order valence-electron chi connectivity index (χ3n) is 4.00. The van der Waals surface area contributed by atoms with Crippen molar-refractivity contribution in [3.05, 3.63) is 35.9 Å². The highest BCUT2D eigenvalue weighted by Crippen LogP contribution is 2.20. The molecule has 2 atom stereocenters.